The quantitative estimate of drug-likeness (QED) is 0.285. The van der Waals surface area contributed by atoms with Crippen LogP contribution in [0.15, 0.2) is 29.6 Å². The number of oxime groups is 1. The molecule has 1 heterocycles. The molecule has 0 spiro atoms. The van der Waals surface area contributed by atoms with Crippen LogP contribution in [0.25, 0.3) is 0 Å². The molecule has 8 nitrogen and oxygen atoms in total. The molecule has 1 amide bonds. The van der Waals surface area contributed by atoms with Crippen molar-refractivity contribution in [3.63, 3.8) is 0 Å². The van der Waals surface area contributed by atoms with E-state index in [1.807, 2.05) is 0 Å². The average Bonchev–Trinajstić information content (AvgIpc) is 2.79. The van der Waals surface area contributed by atoms with Gasteiger partial charge in [-0.25, -0.2) is 4.39 Å². The molecule has 110 valence electrons. The molecule has 0 bridgehead atoms. The first kappa shape index (κ1) is 14.3. The fourth-order valence-corrected chi connectivity index (χ4v) is 1.73. The van der Waals surface area contributed by atoms with Crippen LogP contribution in [-0.4, -0.2) is 31.8 Å². The van der Waals surface area contributed by atoms with Crippen LogP contribution in [0.4, 0.5) is 10.2 Å². The molecule has 21 heavy (non-hydrogen) atoms. The van der Waals surface area contributed by atoms with Gasteiger partial charge in [-0.15, -0.1) is 0 Å². The minimum Gasteiger partial charge on any atom is -0.507 e. The van der Waals surface area contributed by atoms with Gasteiger partial charge in [-0.05, 0) is 12.1 Å². The Kier molecular flexibility index (Phi) is 3.74. The highest BCUT2D eigenvalue weighted by molar-refractivity contribution is 6.10. The van der Waals surface area contributed by atoms with E-state index >= 15 is 0 Å². The molecule has 0 fully saturated rings. The second kappa shape index (κ2) is 5.49. The monoisotopic (exact) mass is 293 g/mol. The lowest BCUT2D eigenvalue weighted by Gasteiger charge is -2.09. The Labute approximate surface area is 118 Å². The molecule has 9 heteroatoms. The number of hydrogen-bond acceptors (Lipinski definition) is 5. The van der Waals surface area contributed by atoms with Crippen molar-refractivity contribution in [1.82, 2.24) is 9.78 Å². The predicted molar refractivity (Wildman–Crippen MR) is 71.7 cm³/mol. The molecular formula is C12H12FN5O3. The van der Waals surface area contributed by atoms with Crippen molar-refractivity contribution in [2.45, 2.75) is 0 Å². The van der Waals surface area contributed by atoms with Gasteiger partial charge in [0, 0.05) is 7.05 Å². The van der Waals surface area contributed by atoms with E-state index in [0.717, 1.165) is 6.07 Å². The second-order valence-corrected chi connectivity index (χ2v) is 4.10. The number of rotatable bonds is 3. The van der Waals surface area contributed by atoms with Crippen molar-refractivity contribution < 1.29 is 19.5 Å². The van der Waals surface area contributed by atoms with Crippen LogP contribution in [-0.2, 0) is 7.05 Å². The molecule has 0 saturated heterocycles. The third-order valence-electron chi connectivity index (χ3n) is 2.77. The lowest BCUT2D eigenvalue weighted by Crippen LogP contribution is -2.20. The molecule has 5 N–H and O–H groups in total. The molecule has 2 rings (SSSR count). The van der Waals surface area contributed by atoms with Gasteiger partial charge >= 0.3 is 0 Å². The number of anilines is 1. The highest BCUT2D eigenvalue weighted by atomic mass is 19.1. The number of aromatic hydroxyl groups is 1. The Morgan fingerprint density at radius 1 is 1.52 bits per heavy atom. The summed E-state index contributed by atoms with van der Waals surface area (Å²) in [4.78, 5) is 12.1. The number of amides is 1. The molecule has 0 atom stereocenters. The summed E-state index contributed by atoms with van der Waals surface area (Å²) in [5.74, 6) is -2.43. The zero-order valence-electron chi connectivity index (χ0n) is 10.9. The van der Waals surface area contributed by atoms with Crippen LogP contribution in [0.5, 0.6) is 5.75 Å². The molecule has 2 aromatic rings. The van der Waals surface area contributed by atoms with Crippen LogP contribution in [0.2, 0.25) is 0 Å². The van der Waals surface area contributed by atoms with Gasteiger partial charge < -0.3 is 21.4 Å². The van der Waals surface area contributed by atoms with E-state index in [4.69, 9.17) is 10.9 Å². The fraction of sp³-hybridized carbons (Fsp3) is 0.0833. The number of benzene rings is 1. The van der Waals surface area contributed by atoms with E-state index in [1.54, 1.807) is 0 Å². The van der Waals surface area contributed by atoms with E-state index in [2.05, 4.69) is 15.6 Å². The Bertz CT molecular complexity index is 705. The minimum atomic E-state index is -0.888. The molecule has 1 aromatic heterocycles. The molecule has 0 radical (unpaired) electrons. The number of nitrogens with one attached hydrogen (secondary N) is 1. The normalized spacial score (nSPS) is 11.4. The molecule has 0 aliphatic rings. The van der Waals surface area contributed by atoms with Gasteiger partial charge in [-0.3, -0.25) is 9.48 Å². The maximum atomic E-state index is 13.6. The molecule has 0 aliphatic heterocycles. The number of hydrogen-bond donors (Lipinski definition) is 4. The minimum absolute atomic E-state index is 0.0953. The zero-order valence-corrected chi connectivity index (χ0v) is 10.9. The first-order chi connectivity index (χ1) is 9.95. The summed E-state index contributed by atoms with van der Waals surface area (Å²) in [6.07, 6.45) is 1.27. The number of phenolic OH excluding ortho intramolecular Hbond substituents is 1. The van der Waals surface area contributed by atoms with Crippen LogP contribution in [0, 0.1) is 5.82 Å². The van der Waals surface area contributed by atoms with Crippen LogP contribution >= 0.6 is 0 Å². The number of nitrogens with two attached hydrogens (primary N) is 1. The summed E-state index contributed by atoms with van der Waals surface area (Å²) in [6.45, 7) is 0. The molecule has 1 aromatic carbocycles. The number of carbonyl (C=O) groups excluding carboxylic acids is 1. The molecule has 0 unspecified atom stereocenters. The van der Waals surface area contributed by atoms with Crippen molar-refractivity contribution in [3.8, 4) is 5.75 Å². The summed E-state index contributed by atoms with van der Waals surface area (Å²) >= 11 is 0. The first-order valence-corrected chi connectivity index (χ1v) is 5.74. The van der Waals surface area contributed by atoms with Gasteiger partial charge in [0.25, 0.3) is 5.91 Å². The second-order valence-electron chi connectivity index (χ2n) is 4.10. The van der Waals surface area contributed by atoms with Crippen molar-refractivity contribution >= 4 is 17.6 Å². The zero-order chi connectivity index (χ0) is 15.6. The summed E-state index contributed by atoms with van der Waals surface area (Å²) in [6, 6.07) is 3.50. The van der Waals surface area contributed by atoms with Crippen molar-refractivity contribution in [1.29, 1.82) is 0 Å². The standard InChI is InChI=1S/C12H12FN5O3/c1-18-11(6(5-15-18)10(14)17-21)16-12(20)9-7(13)3-2-4-8(9)19/h2-5,19,21H,1H3,(H2,14,17)(H,16,20). The number of carbonyl (C=O) groups is 1. The van der Waals surface area contributed by atoms with Gasteiger partial charge in [0.05, 0.1) is 11.8 Å². The Balaban J connectivity index is 2.39. The fourth-order valence-electron chi connectivity index (χ4n) is 1.73. The third kappa shape index (κ3) is 2.61. The summed E-state index contributed by atoms with van der Waals surface area (Å²) in [5, 5.41) is 27.3. The van der Waals surface area contributed by atoms with Gasteiger partial charge in [-0.2, -0.15) is 5.10 Å². The van der Waals surface area contributed by atoms with Crippen LogP contribution < -0.4 is 11.1 Å². The van der Waals surface area contributed by atoms with E-state index in [9.17, 15) is 14.3 Å². The Hall–Kier alpha value is -3.10. The van der Waals surface area contributed by atoms with Crippen molar-refractivity contribution in [3.05, 3.63) is 41.3 Å². The smallest absolute Gasteiger partial charge is 0.263 e. The number of halogens is 1. The van der Waals surface area contributed by atoms with E-state index in [1.165, 1.54) is 30.1 Å². The van der Waals surface area contributed by atoms with Gasteiger partial charge in [0.1, 0.15) is 22.9 Å². The highest BCUT2D eigenvalue weighted by Crippen LogP contribution is 2.22. The van der Waals surface area contributed by atoms with Gasteiger partial charge in [-0.1, -0.05) is 11.2 Å². The van der Waals surface area contributed by atoms with Crippen molar-refractivity contribution in [2.24, 2.45) is 17.9 Å². The summed E-state index contributed by atoms with van der Waals surface area (Å²) < 4.78 is 14.9. The third-order valence-corrected chi connectivity index (χ3v) is 2.77. The van der Waals surface area contributed by atoms with E-state index < -0.39 is 23.0 Å². The van der Waals surface area contributed by atoms with E-state index in [0.29, 0.717) is 0 Å². The Morgan fingerprint density at radius 2 is 2.24 bits per heavy atom. The molecule has 0 aliphatic carbocycles. The van der Waals surface area contributed by atoms with Gasteiger partial charge in [0.2, 0.25) is 0 Å². The summed E-state index contributed by atoms with van der Waals surface area (Å²) in [7, 11) is 1.50. The SMILES string of the molecule is Cn1ncc(/C(N)=N/O)c1NC(=O)c1c(O)cccc1F. The number of amidine groups is 1. The topological polar surface area (TPSA) is 126 Å². The van der Waals surface area contributed by atoms with Crippen molar-refractivity contribution in [2.75, 3.05) is 5.32 Å². The maximum Gasteiger partial charge on any atom is 0.263 e. The lowest BCUT2D eigenvalue weighted by atomic mass is 10.1. The number of aromatic nitrogens is 2. The Morgan fingerprint density at radius 3 is 2.86 bits per heavy atom. The lowest BCUT2D eigenvalue weighted by molar-refractivity contribution is 0.101. The largest absolute Gasteiger partial charge is 0.507 e. The first-order valence-electron chi connectivity index (χ1n) is 5.74. The molecular weight excluding hydrogens is 281 g/mol. The number of phenols is 1. The van der Waals surface area contributed by atoms with E-state index in [-0.39, 0.29) is 17.2 Å². The van der Waals surface area contributed by atoms with Crippen LogP contribution in [0.1, 0.15) is 15.9 Å². The average molecular weight is 293 g/mol. The highest BCUT2D eigenvalue weighted by Gasteiger charge is 2.20. The van der Waals surface area contributed by atoms with Gasteiger partial charge in [0.15, 0.2) is 5.84 Å². The maximum absolute atomic E-state index is 13.6. The van der Waals surface area contributed by atoms with Crippen LogP contribution in [0.3, 0.4) is 0 Å². The number of aryl methyl sites for hydroxylation is 1. The summed E-state index contributed by atoms with van der Waals surface area (Å²) in [5.41, 5.74) is 5.10. The molecule has 0 saturated carbocycles. The number of nitrogens with zero attached hydrogens (tertiary/aromatic N) is 3. The predicted octanol–water partition coefficient (Wildman–Crippen LogP) is 0.612.